The number of pyridine rings is 1. The molecule has 1 aliphatic heterocycles. The number of halogens is 2. The summed E-state index contributed by atoms with van der Waals surface area (Å²) >= 11 is 12.2. The van der Waals surface area contributed by atoms with Crippen LogP contribution < -0.4 is 5.32 Å². The lowest BCUT2D eigenvalue weighted by Gasteiger charge is -2.42. The molecule has 2 aliphatic rings. The summed E-state index contributed by atoms with van der Waals surface area (Å²) in [5.74, 6) is 1.10. The Labute approximate surface area is 158 Å². The summed E-state index contributed by atoms with van der Waals surface area (Å²) < 4.78 is 0. The van der Waals surface area contributed by atoms with E-state index in [0.717, 1.165) is 28.5 Å². The van der Waals surface area contributed by atoms with Crippen molar-refractivity contribution in [3.8, 4) is 0 Å². The van der Waals surface area contributed by atoms with E-state index in [2.05, 4.69) is 16.4 Å². The van der Waals surface area contributed by atoms with Crippen molar-refractivity contribution in [3.63, 3.8) is 0 Å². The average Bonchev–Trinajstić information content (AvgIpc) is 2.61. The molecule has 1 aliphatic carbocycles. The van der Waals surface area contributed by atoms with Gasteiger partial charge < -0.3 is 5.32 Å². The number of fused-ring (bicyclic) bond motifs is 1. The van der Waals surface area contributed by atoms with Gasteiger partial charge in [-0.2, -0.15) is 0 Å². The van der Waals surface area contributed by atoms with Gasteiger partial charge >= 0.3 is 0 Å². The molecule has 25 heavy (non-hydrogen) atoms. The summed E-state index contributed by atoms with van der Waals surface area (Å²) in [7, 11) is 0. The average molecular weight is 374 g/mol. The van der Waals surface area contributed by atoms with Crippen molar-refractivity contribution in [3.05, 3.63) is 57.8 Å². The Hall–Kier alpha value is -1.58. The molecule has 130 valence electrons. The fourth-order valence-electron chi connectivity index (χ4n) is 4.08. The third-order valence-electron chi connectivity index (χ3n) is 5.36. The molecule has 1 saturated carbocycles. The van der Waals surface area contributed by atoms with E-state index in [0.29, 0.717) is 11.7 Å². The molecule has 1 aromatic heterocycles. The van der Waals surface area contributed by atoms with Crippen LogP contribution in [0.2, 0.25) is 10.2 Å². The minimum atomic E-state index is 0.110. The second-order valence-corrected chi connectivity index (χ2v) is 7.93. The van der Waals surface area contributed by atoms with E-state index in [1.165, 1.54) is 37.7 Å². The van der Waals surface area contributed by atoms with E-state index in [9.17, 15) is 0 Å². The highest BCUT2D eigenvalue weighted by atomic mass is 35.5. The molecule has 2 heterocycles. The number of rotatable bonds is 2. The second kappa shape index (κ2) is 6.97. The van der Waals surface area contributed by atoms with Crippen LogP contribution in [0.1, 0.15) is 43.2 Å². The zero-order valence-corrected chi connectivity index (χ0v) is 15.6. The van der Waals surface area contributed by atoms with Gasteiger partial charge in [-0.05, 0) is 48.6 Å². The smallest absolute Gasteiger partial charge is 0.131 e. The third kappa shape index (κ3) is 3.54. The van der Waals surface area contributed by atoms with Crippen LogP contribution in [0.4, 0.5) is 5.69 Å². The zero-order chi connectivity index (χ0) is 17.3. The van der Waals surface area contributed by atoms with Crippen molar-refractivity contribution in [2.45, 2.75) is 45.1 Å². The van der Waals surface area contributed by atoms with Gasteiger partial charge in [-0.3, -0.25) is 4.99 Å². The maximum Gasteiger partial charge on any atom is 0.131 e. The maximum atomic E-state index is 6.11. The molecule has 0 saturated heterocycles. The molecule has 2 aromatic rings. The van der Waals surface area contributed by atoms with Gasteiger partial charge in [0.1, 0.15) is 11.0 Å². The molecule has 0 unspecified atom stereocenters. The first-order valence-corrected chi connectivity index (χ1v) is 9.61. The molecule has 4 rings (SSSR count). The van der Waals surface area contributed by atoms with Gasteiger partial charge in [-0.25, -0.2) is 4.98 Å². The molecule has 0 atom stereocenters. The van der Waals surface area contributed by atoms with Crippen molar-refractivity contribution in [2.75, 3.05) is 5.32 Å². The second-order valence-electron chi connectivity index (χ2n) is 7.10. The number of benzene rings is 1. The molecular weight excluding hydrogens is 353 g/mol. The fourth-order valence-corrected chi connectivity index (χ4v) is 4.45. The molecule has 0 radical (unpaired) electrons. The molecule has 1 aromatic carbocycles. The Morgan fingerprint density at radius 2 is 1.96 bits per heavy atom. The molecule has 1 spiro atoms. The Morgan fingerprint density at radius 1 is 1.12 bits per heavy atom. The molecular formula is C20H21Cl2N3. The monoisotopic (exact) mass is 373 g/mol. The van der Waals surface area contributed by atoms with Crippen LogP contribution in [-0.2, 0) is 13.0 Å². The number of aliphatic imine (C=N–C) groups is 1. The van der Waals surface area contributed by atoms with Crippen LogP contribution in [0.3, 0.4) is 0 Å². The molecule has 0 amide bonds. The molecule has 0 bridgehead atoms. The van der Waals surface area contributed by atoms with E-state index in [1.807, 2.05) is 30.5 Å². The summed E-state index contributed by atoms with van der Waals surface area (Å²) in [5, 5.41) is 4.84. The SMILES string of the molecule is Clc1cccc(CN=C2Nc3cc(Cl)ncc3CC23CCCCC3)c1. The fraction of sp³-hybridized carbons (Fsp3) is 0.400. The zero-order valence-electron chi connectivity index (χ0n) is 14.1. The first-order chi connectivity index (χ1) is 12.1. The van der Waals surface area contributed by atoms with Gasteiger partial charge in [-0.1, -0.05) is 54.6 Å². The number of anilines is 1. The van der Waals surface area contributed by atoms with Crippen molar-refractivity contribution in [1.29, 1.82) is 0 Å². The number of hydrogen-bond acceptors (Lipinski definition) is 2. The number of aromatic nitrogens is 1. The Bertz CT molecular complexity index is 810. The lowest BCUT2D eigenvalue weighted by atomic mass is 9.68. The minimum Gasteiger partial charge on any atom is -0.343 e. The van der Waals surface area contributed by atoms with Crippen LogP contribution >= 0.6 is 23.2 Å². The Kier molecular flexibility index (Phi) is 4.70. The summed E-state index contributed by atoms with van der Waals surface area (Å²) in [5.41, 5.74) is 3.53. The molecule has 1 fully saturated rings. The van der Waals surface area contributed by atoms with Crippen molar-refractivity contribution < 1.29 is 0 Å². The lowest BCUT2D eigenvalue weighted by molar-refractivity contribution is 0.278. The molecule has 1 N–H and O–H groups in total. The van der Waals surface area contributed by atoms with Gasteiger partial charge in [0.2, 0.25) is 0 Å². The standard InChI is InChI=1S/C20H21Cl2N3/c21-16-6-4-5-14(9-16)12-24-19-20(7-2-1-3-8-20)11-15-13-23-18(22)10-17(15)25-19/h4-6,9-10,13H,1-3,7-8,11-12H2,(H,24,25). The highest BCUT2D eigenvalue weighted by Gasteiger charge is 2.41. The quantitative estimate of drug-likeness (QED) is 0.664. The maximum absolute atomic E-state index is 6.11. The van der Waals surface area contributed by atoms with Crippen LogP contribution in [-0.4, -0.2) is 10.8 Å². The summed E-state index contributed by atoms with van der Waals surface area (Å²) in [6, 6.07) is 9.83. The van der Waals surface area contributed by atoms with Crippen LogP contribution in [0.25, 0.3) is 0 Å². The van der Waals surface area contributed by atoms with Crippen LogP contribution in [0, 0.1) is 5.41 Å². The first-order valence-electron chi connectivity index (χ1n) is 8.85. The Morgan fingerprint density at radius 3 is 2.76 bits per heavy atom. The molecule has 5 heteroatoms. The third-order valence-corrected chi connectivity index (χ3v) is 5.80. The van der Waals surface area contributed by atoms with Crippen LogP contribution in [0.5, 0.6) is 0 Å². The highest BCUT2D eigenvalue weighted by molar-refractivity contribution is 6.30. The highest BCUT2D eigenvalue weighted by Crippen LogP contribution is 2.45. The number of nitrogens with zero attached hydrogens (tertiary/aromatic N) is 2. The van der Waals surface area contributed by atoms with Gasteiger partial charge in [0, 0.05) is 22.3 Å². The van der Waals surface area contributed by atoms with E-state index in [4.69, 9.17) is 28.2 Å². The van der Waals surface area contributed by atoms with Crippen molar-refractivity contribution in [2.24, 2.45) is 10.4 Å². The minimum absolute atomic E-state index is 0.110. The normalized spacial score (nSPS) is 20.3. The topological polar surface area (TPSA) is 37.3 Å². The van der Waals surface area contributed by atoms with Gasteiger partial charge in [0.15, 0.2) is 0 Å². The number of amidine groups is 1. The predicted octanol–water partition coefficient (Wildman–Crippen LogP) is 5.91. The largest absolute Gasteiger partial charge is 0.343 e. The van der Waals surface area contributed by atoms with Gasteiger partial charge in [0.25, 0.3) is 0 Å². The summed E-state index contributed by atoms with van der Waals surface area (Å²) in [6.45, 7) is 0.638. The van der Waals surface area contributed by atoms with Crippen molar-refractivity contribution >= 4 is 34.7 Å². The van der Waals surface area contributed by atoms with E-state index >= 15 is 0 Å². The predicted molar refractivity (Wildman–Crippen MR) is 105 cm³/mol. The molecule has 3 nitrogen and oxygen atoms in total. The number of nitrogens with one attached hydrogen (secondary N) is 1. The van der Waals surface area contributed by atoms with Gasteiger partial charge in [0.05, 0.1) is 6.54 Å². The van der Waals surface area contributed by atoms with Crippen LogP contribution in [0.15, 0.2) is 41.5 Å². The Balaban J connectivity index is 1.68. The summed E-state index contributed by atoms with van der Waals surface area (Å²) in [4.78, 5) is 9.25. The van der Waals surface area contributed by atoms with E-state index in [1.54, 1.807) is 0 Å². The summed E-state index contributed by atoms with van der Waals surface area (Å²) in [6.07, 6.45) is 9.09. The van der Waals surface area contributed by atoms with Crippen molar-refractivity contribution in [1.82, 2.24) is 4.98 Å². The first kappa shape index (κ1) is 16.9. The lowest BCUT2D eigenvalue weighted by Crippen LogP contribution is -2.43. The number of hydrogen-bond donors (Lipinski definition) is 1. The van der Waals surface area contributed by atoms with E-state index < -0.39 is 0 Å². The van der Waals surface area contributed by atoms with Gasteiger partial charge in [-0.15, -0.1) is 0 Å². The van der Waals surface area contributed by atoms with E-state index in [-0.39, 0.29) is 5.41 Å².